The van der Waals surface area contributed by atoms with E-state index in [0.717, 1.165) is 0 Å². The Morgan fingerprint density at radius 2 is 1.64 bits per heavy atom. The van der Waals surface area contributed by atoms with Gasteiger partial charge in [0.25, 0.3) is 0 Å². The van der Waals surface area contributed by atoms with E-state index < -0.39 is 28.8 Å². The van der Waals surface area contributed by atoms with Gasteiger partial charge in [0.05, 0.1) is 10.0 Å². The number of hydrogen-bond donors (Lipinski definition) is 2. The van der Waals surface area contributed by atoms with Crippen LogP contribution >= 0.6 is 23.2 Å². The number of aromatic amines is 1. The summed E-state index contributed by atoms with van der Waals surface area (Å²) in [4.78, 5) is 11.0. The van der Waals surface area contributed by atoms with Gasteiger partial charge in [-0.3, -0.25) is 0 Å². The first-order chi connectivity index (χ1) is 11.8. The molecule has 0 radical (unpaired) electrons. The van der Waals surface area contributed by atoms with Crippen LogP contribution in [0.2, 0.25) is 10.0 Å². The SMILES string of the molecule is O=C(O)c1n[nH]nc1C(F)(F)c1ccc(-c2ccc(Cl)c(Cl)c2)cc1. The quantitative estimate of drug-likeness (QED) is 0.688. The highest BCUT2D eigenvalue weighted by Gasteiger charge is 2.41. The molecular formula is C16H9Cl2F2N3O2. The maximum atomic E-state index is 14.6. The lowest BCUT2D eigenvalue weighted by molar-refractivity contribution is 0.0346. The number of aromatic nitrogens is 3. The normalized spacial score (nSPS) is 11.5. The number of carboxylic acid groups (broad SMARTS) is 1. The largest absolute Gasteiger partial charge is 0.476 e. The first-order valence-corrected chi connectivity index (χ1v) is 7.64. The summed E-state index contributed by atoms with van der Waals surface area (Å²) in [6.45, 7) is 0. The molecule has 0 amide bonds. The molecule has 3 rings (SSSR count). The minimum atomic E-state index is -3.61. The third-order valence-corrected chi connectivity index (χ3v) is 4.29. The van der Waals surface area contributed by atoms with Crippen molar-refractivity contribution >= 4 is 29.2 Å². The van der Waals surface area contributed by atoms with Gasteiger partial charge in [0.15, 0.2) is 11.4 Å². The Hall–Kier alpha value is -2.51. The number of benzene rings is 2. The van der Waals surface area contributed by atoms with Crippen LogP contribution in [-0.2, 0) is 5.92 Å². The molecule has 0 fully saturated rings. The van der Waals surface area contributed by atoms with Gasteiger partial charge in [0.1, 0.15) is 0 Å². The van der Waals surface area contributed by atoms with Crippen LogP contribution in [0.25, 0.3) is 11.1 Å². The molecule has 0 saturated carbocycles. The fourth-order valence-electron chi connectivity index (χ4n) is 2.28. The molecule has 9 heteroatoms. The molecule has 2 N–H and O–H groups in total. The summed E-state index contributed by atoms with van der Waals surface area (Å²) in [6.07, 6.45) is 0. The van der Waals surface area contributed by atoms with Gasteiger partial charge in [-0.1, -0.05) is 53.5 Å². The van der Waals surface area contributed by atoms with E-state index in [0.29, 0.717) is 21.2 Å². The number of nitrogens with zero attached hydrogens (tertiary/aromatic N) is 2. The second-order valence-corrected chi connectivity index (χ2v) is 5.92. The Balaban J connectivity index is 1.97. The van der Waals surface area contributed by atoms with Gasteiger partial charge in [0.2, 0.25) is 0 Å². The van der Waals surface area contributed by atoms with E-state index in [9.17, 15) is 13.6 Å². The molecule has 0 spiro atoms. The Bertz CT molecular complexity index is 943. The van der Waals surface area contributed by atoms with Crippen molar-refractivity contribution in [1.82, 2.24) is 15.4 Å². The van der Waals surface area contributed by atoms with Crippen molar-refractivity contribution in [3.63, 3.8) is 0 Å². The predicted molar refractivity (Wildman–Crippen MR) is 88.2 cm³/mol. The molecule has 5 nitrogen and oxygen atoms in total. The van der Waals surface area contributed by atoms with E-state index in [-0.39, 0.29) is 0 Å². The Morgan fingerprint density at radius 3 is 2.24 bits per heavy atom. The van der Waals surface area contributed by atoms with Gasteiger partial charge in [-0.05, 0) is 23.3 Å². The molecule has 3 aromatic rings. The molecule has 128 valence electrons. The minimum Gasteiger partial charge on any atom is -0.476 e. The van der Waals surface area contributed by atoms with Crippen molar-refractivity contribution in [2.24, 2.45) is 0 Å². The van der Waals surface area contributed by atoms with E-state index in [1.54, 1.807) is 18.2 Å². The standard InChI is InChI=1S/C16H9Cl2F2N3O2/c17-11-6-3-9(7-12(11)18)8-1-4-10(5-2-8)16(19,20)14-13(15(24)25)21-23-22-14/h1-7H,(H,24,25)(H,21,22,23). The van der Waals surface area contributed by atoms with Crippen LogP contribution in [0.4, 0.5) is 8.78 Å². The van der Waals surface area contributed by atoms with Gasteiger partial charge in [-0.15, -0.1) is 5.10 Å². The number of carboxylic acids is 1. The summed E-state index contributed by atoms with van der Waals surface area (Å²) in [5, 5.41) is 18.1. The fraction of sp³-hybridized carbons (Fsp3) is 0.0625. The van der Waals surface area contributed by atoms with Crippen LogP contribution in [-0.4, -0.2) is 26.5 Å². The Labute approximate surface area is 150 Å². The lowest BCUT2D eigenvalue weighted by Crippen LogP contribution is -2.19. The lowest BCUT2D eigenvalue weighted by Gasteiger charge is -2.15. The zero-order valence-electron chi connectivity index (χ0n) is 12.3. The van der Waals surface area contributed by atoms with Gasteiger partial charge in [0, 0.05) is 5.56 Å². The molecule has 0 atom stereocenters. The molecule has 0 aliphatic carbocycles. The van der Waals surface area contributed by atoms with Crippen molar-refractivity contribution in [2.75, 3.05) is 0 Å². The first kappa shape index (κ1) is 17.3. The summed E-state index contributed by atoms with van der Waals surface area (Å²) in [5.74, 6) is -5.20. The molecule has 0 aliphatic rings. The highest BCUT2D eigenvalue weighted by atomic mass is 35.5. The molecule has 1 aromatic heterocycles. The number of nitrogens with one attached hydrogen (secondary N) is 1. The molecule has 0 bridgehead atoms. The highest BCUT2D eigenvalue weighted by Crippen LogP contribution is 2.37. The maximum Gasteiger partial charge on any atom is 0.358 e. The van der Waals surface area contributed by atoms with E-state index in [2.05, 4.69) is 10.2 Å². The topological polar surface area (TPSA) is 78.9 Å². The minimum absolute atomic E-state index is 0.349. The van der Waals surface area contributed by atoms with E-state index in [4.69, 9.17) is 28.3 Å². The second-order valence-electron chi connectivity index (χ2n) is 5.11. The van der Waals surface area contributed by atoms with Crippen LogP contribution in [0.5, 0.6) is 0 Å². The summed E-state index contributed by atoms with van der Waals surface area (Å²) < 4.78 is 29.1. The van der Waals surface area contributed by atoms with Crippen molar-refractivity contribution in [1.29, 1.82) is 0 Å². The van der Waals surface area contributed by atoms with E-state index in [1.165, 1.54) is 24.3 Å². The van der Waals surface area contributed by atoms with Crippen molar-refractivity contribution in [3.05, 3.63) is 69.5 Å². The number of aromatic carboxylic acids is 1. The monoisotopic (exact) mass is 383 g/mol. The summed E-state index contributed by atoms with van der Waals surface area (Å²) >= 11 is 11.8. The summed E-state index contributed by atoms with van der Waals surface area (Å²) in [5.41, 5.74) is -0.817. The van der Waals surface area contributed by atoms with Gasteiger partial charge >= 0.3 is 11.9 Å². The van der Waals surface area contributed by atoms with Crippen molar-refractivity contribution in [2.45, 2.75) is 5.92 Å². The second kappa shape index (κ2) is 6.42. The number of alkyl halides is 2. The van der Waals surface area contributed by atoms with Crippen LogP contribution in [0.15, 0.2) is 42.5 Å². The third kappa shape index (κ3) is 3.20. The summed E-state index contributed by atoms with van der Waals surface area (Å²) in [7, 11) is 0. The van der Waals surface area contributed by atoms with Crippen molar-refractivity contribution in [3.8, 4) is 11.1 Å². The fourth-order valence-corrected chi connectivity index (χ4v) is 2.58. The molecule has 0 saturated heterocycles. The van der Waals surface area contributed by atoms with E-state index in [1.807, 2.05) is 5.21 Å². The third-order valence-electron chi connectivity index (χ3n) is 3.55. The number of carbonyl (C=O) groups is 1. The predicted octanol–water partition coefficient (Wildman–Crippen LogP) is 4.62. The molecule has 25 heavy (non-hydrogen) atoms. The molecule has 0 aliphatic heterocycles. The van der Waals surface area contributed by atoms with Crippen LogP contribution < -0.4 is 0 Å². The molecule has 0 unspecified atom stereocenters. The average Bonchev–Trinajstić information content (AvgIpc) is 3.08. The van der Waals surface area contributed by atoms with Gasteiger partial charge in [-0.2, -0.15) is 19.1 Å². The number of H-pyrrole nitrogens is 1. The molecule has 1 heterocycles. The Morgan fingerprint density at radius 1 is 1.00 bits per heavy atom. The van der Waals surface area contributed by atoms with Crippen LogP contribution in [0, 0.1) is 0 Å². The smallest absolute Gasteiger partial charge is 0.358 e. The highest BCUT2D eigenvalue weighted by molar-refractivity contribution is 6.42. The van der Waals surface area contributed by atoms with Crippen LogP contribution in [0.3, 0.4) is 0 Å². The molecular weight excluding hydrogens is 375 g/mol. The van der Waals surface area contributed by atoms with Crippen LogP contribution in [0.1, 0.15) is 21.7 Å². The zero-order valence-corrected chi connectivity index (χ0v) is 13.8. The average molecular weight is 384 g/mol. The Kier molecular flexibility index (Phi) is 4.45. The lowest BCUT2D eigenvalue weighted by atomic mass is 9.99. The number of hydrogen-bond acceptors (Lipinski definition) is 3. The van der Waals surface area contributed by atoms with E-state index >= 15 is 0 Å². The molecule has 2 aromatic carbocycles. The van der Waals surface area contributed by atoms with Crippen molar-refractivity contribution < 1.29 is 18.7 Å². The summed E-state index contributed by atoms with van der Waals surface area (Å²) in [6, 6.07) is 10.3. The van der Waals surface area contributed by atoms with Gasteiger partial charge in [-0.25, -0.2) is 4.79 Å². The number of rotatable bonds is 4. The maximum absolute atomic E-state index is 14.6. The zero-order chi connectivity index (χ0) is 18.2. The van der Waals surface area contributed by atoms with Gasteiger partial charge < -0.3 is 5.11 Å². The number of halogens is 4. The first-order valence-electron chi connectivity index (χ1n) is 6.89.